The van der Waals surface area contributed by atoms with Gasteiger partial charge in [0.25, 0.3) is 0 Å². The second kappa shape index (κ2) is 5.43. The third kappa shape index (κ3) is 2.03. The molecule has 128 valence electrons. The Kier molecular flexibility index (Phi) is 3.78. The lowest BCUT2D eigenvalue weighted by Gasteiger charge is -2.48. The number of hydrogen-bond acceptors (Lipinski definition) is 4. The van der Waals surface area contributed by atoms with E-state index >= 15 is 0 Å². The largest absolute Gasteiger partial charge is 0.392 e. The number of cyclic esters (lactones) is 2. The number of esters is 2. The van der Waals surface area contributed by atoms with E-state index in [1.165, 1.54) is 0 Å². The van der Waals surface area contributed by atoms with Gasteiger partial charge in [-0.05, 0) is 31.7 Å². The Morgan fingerprint density at radius 1 is 1.08 bits per heavy atom. The fraction of sp³-hybridized carbons (Fsp3) is 0.526. The Hall–Kier alpha value is -2.17. The van der Waals surface area contributed by atoms with Gasteiger partial charge in [-0.25, -0.2) is 0 Å². The zero-order valence-electron chi connectivity index (χ0n) is 14.3. The van der Waals surface area contributed by atoms with E-state index < -0.39 is 28.2 Å². The van der Waals surface area contributed by atoms with Gasteiger partial charge in [-0.15, -0.1) is 0 Å². The van der Waals surface area contributed by atoms with Crippen molar-refractivity contribution in [3.8, 4) is 0 Å². The molecule has 2 unspecified atom stereocenters. The van der Waals surface area contributed by atoms with Gasteiger partial charge < -0.3 is 10.1 Å². The average molecular weight is 329 g/mol. The van der Waals surface area contributed by atoms with E-state index in [9.17, 15) is 14.4 Å². The lowest BCUT2D eigenvalue weighted by Crippen LogP contribution is -2.62. The van der Waals surface area contributed by atoms with E-state index in [1.807, 2.05) is 44.2 Å². The van der Waals surface area contributed by atoms with E-state index in [0.29, 0.717) is 25.8 Å². The summed E-state index contributed by atoms with van der Waals surface area (Å²) >= 11 is 0. The number of carbonyl (C=O) groups is 3. The quantitative estimate of drug-likeness (QED) is 0.679. The van der Waals surface area contributed by atoms with Crippen molar-refractivity contribution in [2.45, 2.75) is 40.0 Å². The van der Waals surface area contributed by atoms with Gasteiger partial charge in [0.15, 0.2) is 5.41 Å². The number of ether oxygens (including phenoxy) is 1. The summed E-state index contributed by atoms with van der Waals surface area (Å²) in [6.07, 6.45) is 1.52. The second-order valence-electron chi connectivity index (χ2n) is 7.53. The van der Waals surface area contributed by atoms with Crippen LogP contribution in [0, 0.1) is 16.2 Å². The Labute approximate surface area is 141 Å². The summed E-state index contributed by atoms with van der Waals surface area (Å²) < 4.78 is 4.96. The molecule has 5 nitrogen and oxygen atoms in total. The van der Waals surface area contributed by atoms with Gasteiger partial charge in [0.05, 0.1) is 5.41 Å². The molecule has 24 heavy (non-hydrogen) atoms. The van der Waals surface area contributed by atoms with Gasteiger partial charge in [0.2, 0.25) is 5.91 Å². The van der Waals surface area contributed by atoms with Crippen molar-refractivity contribution in [2.24, 2.45) is 16.2 Å². The van der Waals surface area contributed by atoms with Crippen LogP contribution in [-0.2, 0) is 25.5 Å². The number of nitrogens with one attached hydrogen (secondary N) is 1. The second-order valence-corrected chi connectivity index (χ2v) is 7.53. The van der Waals surface area contributed by atoms with Gasteiger partial charge in [0, 0.05) is 12.0 Å². The number of amides is 1. The number of fused-ring (bicyclic) bond motifs is 2. The van der Waals surface area contributed by atoms with E-state index in [1.54, 1.807) is 6.92 Å². The van der Waals surface area contributed by atoms with Crippen LogP contribution in [0.5, 0.6) is 0 Å². The molecular formula is C19H23NO4. The van der Waals surface area contributed by atoms with Crippen LogP contribution in [0.4, 0.5) is 0 Å². The third-order valence-electron chi connectivity index (χ3n) is 6.36. The number of hydrogen-bond donors (Lipinski definition) is 1. The molecule has 2 aliphatic rings. The minimum absolute atomic E-state index is 0.329. The van der Waals surface area contributed by atoms with Crippen LogP contribution in [0.2, 0.25) is 0 Å². The van der Waals surface area contributed by atoms with E-state index in [-0.39, 0.29) is 5.91 Å². The summed E-state index contributed by atoms with van der Waals surface area (Å²) in [6, 6.07) is 9.83. The molecule has 0 radical (unpaired) electrons. The summed E-state index contributed by atoms with van der Waals surface area (Å²) in [5.74, 6) is -1.54. The summed E-state index contributed by atoms with van der Waals surface area (Å²) in [4.78, 5) is 37.6. The molecular weight excluding hydrogens is 306 g/mol. The molecule has 1 aliphatic heterocycles. The average Bonchev–Trinajstić information content (AvgIpc) is 2.69. The first-order valence-electron chi connectivity index (χ1n) is 8.35. The van der Waals surface area contributed by atoms with Crippen molar-refractivity contribution < 1.29 is 19.1 Å². The topological polar surface area (TPSA) is 72.5 Å². The molecule has 1 aromatic carbocycles. The van der Waals surface area contributed by atoms with Crippen LogP contribution in [-0.4, -0.2) is 24.4 Å². The molecule has 1 saturated heterocycles. The summed E-state index contributed by atoms with van der Waals surface area (Å²) in [5, 5.41) is 2.89. The zero-order chi connectivity index (χ0) is 17.6. The first kappa shape index (κ1) is 16.7. The molecule has 3 rings (SSSR count). The lowest BCUT2D eigenvalue weighted by atomic mass is 9.57. The number of benzene rings is 1. The van der Waals surface area contributed by atoms with Crippen LogP contribution < -0.4 is 5.32 Å². The normalized spacial score (nSPS) is 30.8. The van der Waals surface area contributed by atoms with Crippen molar-refractivity contribution in [3.05, 3.63) is 35.9 Å². The monoisotopic (exact) mass is 329 g/mol. The molecule has 2 atom stereocenters. The highest BCUT2D eigenvalue weighted by atomic mass is 16.6. The first-order chi connectivity index (χ1) is 11.3. The Balaban J connectivity index is 1.78. The molecule has 0 aromatic heterocycles. The lowest BCUT2D eigenvalue weighted by molar-refractivity contribution is -0.196. The highest BCUT2D eigenvalue weighted by Gasteiger charge is 2.75. The van der Waals surface area contributed by atoms with Gasteiger partial charge in [0.1, 0.15) is 0 Å². The molecule has 1 saturated carbocycles. The summed E-state index contributed by atoms with van der Waals surface area (Å²) in [6.45, 7) is 5.89. The van der Waals surface area contributed by atoms with Crippen molar-refractivity contribution in [1.29, 1.82) is 0 Å². The molecule has 1 aromatic rings. The van der Waals surface area contributed by atoms with Crippen LogP contribution in [0.3, 0.4) is 0 Å². The van der Waals surface area contributed by atoms with Crippen molar-refractivity contribution in [2.75, 3.05) is 6.54 Å². The van der Waals surface area contributed by atoms with E-state index in [4.69, 9.17) is 4.74 Å². The fourth-order valence-corrected chi connectivity index (χ4v) is 4.14. The van der Waals surface area contributed by atoms with E-state index in [0.717, 1.165) is 5.56 Å². The fourth-order valence-electron chi connectivity index (χ4n) is 4.14. The zero-order valence-corrected chi connectivity index (χ0v) is 14.3. The van der Waals surface area contributed by atoms with Crippen LogP contribution >= 0.6 is 0 Å². The number of rotatable bonds is 4. The first-order valence-corrected chi connectivity index (χ1v) is 8.35. The minimum Gasteiger partial charge on any atom is -0.392 e. The van der Waals surface area contributed by atoms with Crippen molar-refractivity contribution in [3.63, 3.8) is 0 Å². The molecule has 5 heteroatoms. The Morgan fingerprint density at radius 3 is 2.42 bits per heavy atom. The van der Waals surface area contributed by atoms with Crippen LogP contribution in [0.25, 0.3) is 0 Å². The standard InChI is InChI=1S/C19H23NO4/c1-17(2)18(3)10-11-19(17,16(23)24-15(18)22)14(21)20-12-9-13-7-5-4-6-8-13/h4-8H,9-12H2,1-3H3,(H,20,21). The van der Waals surface area contributed by atoms with Crippen LogP contribution in [0.15, 0.2) is 30.3 Å². The van der Waals surface area contributed by atoms with Crippen LogP contribution in [0.1, 0.15) is 39.2 Å². The SMILES string of the molecule is CC12CCC(C(=O)NCCc3ccccc3)(C(=O)OC1=O)C2(C)C. The predicted molar refractivity (Wildman–Crippen MR) is 87.8 cm³/mol. The third-order valence-corrected chi connectivity index (χ3v) is 6.36. The van der Waals surface area contributed by atoms with Gasteiger partial charge >= 0.3 is 11.9 Å². The number of carbonyl (C=O) groups excluding carboxylic acids is 3. The van der Waals surface area contributed by atoms with E-state index in [2.05, 4.69) is 5.32 Å². The maximum absolute atomic E-state index is 12.9. The minimum atomic E-state index is -1.29. The molecule has 1 amide bonds. The maximum Gasteiger partial charge on any atom is 0.329 e. The molecule has 0 spiro atoms. The highest BCUT2D eigenvalue weighted by Crippen LogP contribution is 2.66. The van der Waals surface area contributed by atoms with Gasteiger partial charge in [-0.3, -0.25) is 14.4 Å². The van der Waals surface area contributed by atoms with Crippen molar-refractivity contribution >= 4 is 17.8 Å². The summed E-state index contributed by atoms with van der Waals surface area (Å²) in [7, 11) is 0. The Morgan fingerprint density at radius 2 is 1.75 bits per heavy atom. The molecule has 1 heterocycles. The van der Waals surface area contributed by atoms with Gasteiger partial charge in [-0.1, -0.05) is 44.2 Å². The predicted octanol–water partition coefficient (Wildman–Crippen LogP) is 2.24. The Bertz CT molecular complexity index is 697. The van der Waals surface area contributed by atoms with Crippen molar-refractivity contribution in [1.82, 2.24) is 5.32 Å². The smallest absolute Gasteiger partial charge is 0.329 e. The molecule has 2 bridgehead atoms. The maximum atomic E-state index is 12.9. The molecule has 1 aliphatic carbocycles. The molecule has 1 N–H and O–H groups in total. The molecule has 2 fully saturated rings. The summed E-state index contributed by atoms with van der Waals surface area (Å²) in [5.41, 5.74) is -1.75. The highest BCUT2D eigenvalue weighted by molar-refractivity contribution is 6.11. The van der Waals surface area contributed by atoms with Gasteiger partial charge in [-0.2, -0.15) is 0 Å².